The molecule has 0 atom stereocenters. The largest absolute Gasteiger partial charge is 0.507 e. The highest BCUT2D eigenvalue weighted by molar-refractivity contribution is 7.98. The van der Waals surface area contributed by atoms with Crippen LogP contribution < -0.4 is 0 Å². The summed E-state index contributed by atoms with van der Waals surface area (Å²) in [6, 6.07) is 9.38. The maximum atomic E-state index is 9.75. The van der Waals surface area contributed by atoms with Crippen LogP contribution in [0.3, 0.4) is 0 Å². The Morgan fingerprint density at radius 2 is 2.00 bits per heavy atom. The van der Waals surface area contributed by atoms with Crippen molar-refractivity contribution < 1.29 is 5.11 Å². The number of imidazole rings is 1. The number of benzene rings is 1. The van der Waals surface area contributed by atoms with E-state index in [-0.39, 0.29) is 0 Å². The van der Waals surface area contributed by atoms with E-state index in [1.807, 2.05) is 48.7 Å². The van der Waals surface area contributed by atoms with Crippen LogP contribution in [0.5, 0.6) is 5.75 Å². The summed E-state index contributed by atoms with van der Waals surface area (Å²) in [5.41, 5.74) is 3.05. The molecule has 20 heavy (non-hydrogen) atoms. The summed E-state index contributed by atoms with van der Waals surface area (Å²) in [4.78, 5) is 9.82. The number of hydrogen-bond acceptors (Lipinski definition) is 4. The number of fused-ring (bicyclic) bond motifs is 1. The van der Waals surface area contributed by atoms with E-state index in [1.165, 1.54) is 0 Å². The number of rotatable bonds is 3. The highest BCUT2D eigenvalue weighted by atomic mass is 32.2. The van der Waals surface area contributed by atoms with Crippen molar-refractivity contribution in [3.63, 3.8) is 0 Å². The lowest BCUT2D eigenvalue weighted by atomic mass is 10.3. The molecular weight excluding hydrogens is 270 g/mol. The smallest absolute Gasteiger partial charge is 0.234 e. The molecule has 5 heteroatoms. The molecule has 3 aromatic rings. The number of aryl methyl sites for hydroxylation is 2. The number of nitrogens with zero attached hydrogens (tertiary/aromatic N) is 3. The van der Waals surface area contributed by atoms with Gasteiger partial charge in [-0.15, -0.1) is 11.8 Å². The number of hydrogen-bond donors (Lipinski definition) is 1. The molecule has 0 saturated carbocycles. The first-order valence-electron chi connectivity index (χ1n) is 6.36. The molecule has 0 amide bonds. The van der Waals surface area contributed by atoms with Crippen LogP contribution in [0.1, 0.15) is 17.1 Å². The lowest BCUT2D eigenvalue weighted by Crippen LogP contribution is -1.94. The number of aromatic nitrogens is 3. The fraction of sp³-hybridized carbons (Fsp3) is 0.200. The van der Waals surface area contributed by atoms with Gasteiger partial charge in [0.15, 0.2) is 0 Å². The van der Waals surface area contributed by atoms with Gasteiger partial charge in [-0.05, 0) is 32.0 Å². The first-order chi connectivity index (χ1) is 9.63. The maximum Gasteiger partial charge on any atom is 0.234 e. The Morgan fingerprint density at radius 1 is 1.20 bits per heavy atom. The van der Waals surface area contributed by atoms with Crippen LogP contribution in [-0.4, -0.2) is 19.5 Å². The Hall–Kier alpha value is -2.01. The molecule has 1 N–H and O–H groups in total. The van der Waals surface area contributed by atoms with E-state index in [4.69, 9.17) is 0 Å². The molecule has 4 nitrogen and oxygen atoms in total. The zero-order chi connectivity index (χ0) is 14.1. The number of aromatic hydroxyl groups is 1. The fourth-order valence-electron chi connectivity index (χ4n) is 2.12. The van der Waals surface area contributed by atoms with E-state index in [2.05, 4.69) is 9.97 Å². The summed E-state index contributed by atoms with van der Waals surface area (Å²) in [5.74, 6) is 1.75. The van der Waals surface area contributed by atoms with Crippen LogP contribution in [0.2, 0.25) is 0 Å². The van der Waals surface area contributed by atoms with Crippen molar-refractivity contribution in [1.82, 2.24) is 14.4 Å². The average Bonchev–Trinajstić information content (AvgIpc) is 2.81. The SMILES string of the molecule is Cc1cc(C)n2cc(CSc3ccccc3O)nc2n1. The zero-order valence-electron chi connectivity index (χ0n) is 11.4. The monoisotopic (exact) mass is 285 g/mol. The van der Waals surface area contributed by atoms with Crippen molar-refractivity contribution in [2.24, 2.45) is 0 Å². The average molecular weight is 285 g/mol. The van der Waals surface area contributed by atoms with Crippen molar-refractivity contribution in [1.29, 1.82) is 0 Å². The third kappa shape index (κ3) is 2.49. The summed E-state index contributed by atoms with van der Waals surface area (Å²) in [7, 11) is 0. The van der Waals surface area contributed by atoms with E-state index >= 15 is 0 Å². The van der Waals surface area contributed by atoms with Gasteiger partial charge in [0, 0.05) is 28.2 Å². The van der Waals surface area contributed by atoms with E-state index in [0.717, 1.165) is 27.8 Å². The second-order valence-corrected chi connectivity index (χ2v) is 5.71. The minimum absolute atomic E-state index is 0.311. The van der Waals surface area contributed by atoms with Gasteiger partial charge >= 0.3 is 0 Å². The van der Waals surface area contributed by atoms with Crippen LogP contribution in [0.25, 0.3) is 5.78 Å². The standard InChI is InChI=1S/C15H15N3OS/c1-10-7-11(2)18-8-12(17-15(18)16-10)9-20-14-6-4-3-5-13(14)19/h3-8,19H,9H2,1-2H3. The quantitative estimate of drug-likeness (QED) is 0.750. The minimum Gasteiger partial charge on any atom is -0.507 e. The molecule has 102 valence electrons. The van der Waals surface area contributed by atoms with E-state index in [0.29, 0.717) is 11.5 Å². The molecule has 0 aliphatic heterocycles. The Bertz CT molecular complexity index is 767. The molecule has 0 radical (unpaired) electrons. The van der Waals surface area contributed by atoms with Crippen molar-refractivity contribution >= 4 is 17.5 Å². The Labute approximate surface area is 121 Å². The van der Waals surface area contributed by atoms with Crippen LogP contribution in [0.15, 0.2) is 41.4 Å². The number of phenolic OH excluding ortho intramolecular Hbond substituents is 1. The molecule has 0 unspecified atom stereocenters. The molecule has 0 spiro atoms. The molecule has 1 aromatic carbocycles. The molecular formula is C15H15N3OS. The topological polar surface area (TPSA) is 50.4 Å². The van der Waals surface area contributed by atoms with Gasteiger partial charge in [-0.2, -0.15) is 0 Å². The van der Waals surface area contributed by atoms with Crippen molar-refractivity contribution in [3.8, 4) is 5.75 Å². The van der Waals surface area contributed by atoms with Gasteiger partial charge in [0.2, 0.25) is 5.78 Å². The molecule has 2 aromatic heterocycles. The van der Waals surface area contributed by atoms with Crippen LogP contribution in [0.4, 0.5) is 0 Å². The second-order valence-electron chi connectivity index (χ2n) is 4.70. The van der Waals surface area contributed by atoms with Gasteiger partial charge in [-0.1, -0.05) is 12.1 Å². The van der Waals surface area contributed by atoms with Gasteiger partial charge in [-0.25, -0.2) is 9.97 Å². The van der Waals surface area contributed by atoms with Gasteiger partial charge in [0.25, 0.3) is 0 Å². The van der Waals surface area contributed by atoms with Crippen molar-refractivity contribution in [2.45, 2.75) is 24.5 Å². The summed E-state index contributed by atoms with van der Waals surface area (Å²) in [5, 5.41) is 9.75. The number of thioether (sulfide) groups is 1. The van der Waals surface area contributed by atoms with E-state index in [1.54, 1.807) is 17.8 Å². The highest BCUT2D eigenvalue weighted by Gasteiger charge is 2.07. The van der Waals surface area contributed by atoms with Crippen molar-refractivity contribution in [3.05, 3.63) is 53.6 Å². The predicted octanol–water partition coefficient (Wildman–Crippen LogP) is 3.34. The minimum atomic E-state index is 0.311. The van der Waals surface area contributed by atoms with E-state index < -0.39 is 0 Å². The predicted molar refractivity (Wildman–Crippen MR) is 80.1 cm³/mol. The van der Waals surface area contributed by atoms with Gasteiger partial charge < -0.3 is 5.11 Å². The summed E-state index contributed by atoms with van der Waals surface area (Å²) in [6.07, 6.45) is 2.00. The maximum absolute atomic E-state index is 9.75. The van der Waals surface area contributed by atoms with E-state index in [9.17, 15) is 5.11 Å². The Kier molecular flexibility index (Phi) is 3.36. The second kappa shape index (κ2) is 5.17. The third-order valence-electron chi connectivity index (χ3n) is 3.05. The van der Waals surface area contributed by atoms with Gasteiger partial charge in [0.05, 0.1) is 5.69 Å². The molecule has 0 saturated heterocycles. The first-order valence-corrected chi connectivity index (χ1v) is 7.35. The number of para-hydroxylation sites is 1. The molecule has 0 aliphatic carbocycles. The Balaban J connectivity index is 1.85. The zero-order valence-corrected chi connectivity index (χ0v) is 12.2. The molecule has 3 rings (SSSR count). The normalized spacial score (nSPS) is 11.1. The Morgan fingerprint density at radius 3 is 2.80 bits per heavy atom. The fourth-order valence-corrected chi connectivity index (χ4v) is 2.95. The van der Waals surface area contributed by atoms with Gasteiger partial charge in [0.1, 0.15) is 5.75 Å². The summed E-state index contributed by atoms with van der Waals surface area (Å²) >= 11 is 1.57. The lowest BCUT2D eigenvalue weighted by molar-refractivity contribution is 0.462. The first kappa shape index (κ1) is 13.0. The molecule has 0 fully saturated rings. The molecule has 0 aliphatic rings. The third-order valence-corrected chi connectivity index (χ3v) is 4.15. The lowest BCUT2D eigenvalue weighted by Gasteiger charge is -2.01. The highest BCUT2D eigenvalue weighted by Crippen LogP contribution is 2.30. The van der Waals surface area contributed by atoms with Crippen molar-refractivity contribution in [2.75, 3.05) is 0 Å². The van der Waals surface area contributed by atoms with Crippen LogP contribution >= 0.6 is 11.8 Å². The summed E-state index contributed by atoms with van der Waals surface area (Å²) in [6.45, 7) is 4.02. The van der Waals surface area contributed by atoms with Crippen LogP contribution in [-0.2, 0) is 5.75 Å². The summed E-state index contributed by atoms with van der Waals surface area (Å²) < 4.78 is 1.99. The van der Waals surface area contributed by atoms with Crippen LogP contribution in [0, 0.1) is 13.8 Å². The number of phenols is 1. The van der Waals surface area contributed by atoms with Gasteiger partial charge in [-0.3, -0.25) is 4.40 Å². The molecule has 2 heterocycles. The molecule has 0 bridgehead atoms.